The van der Waals surface area contributed by atoms with Crippen molar-refractivity contribution < 1.29 is 19.0 Å². The predicted molar refractivity (Wildman–Crippen MR) is 98.5 cm³/mol. The minimum Gasteiger partial charge on any atom is -0.494 e. The molecule has 0 amide bonds. The van der Waals surface area contributed by atoms with Gasteiger partial charge in [0.1, 0.15) is 11.5 Å². The standard InChI is InChI=1S/C21H26O4/c1-16(2)17-6-10-19(11-7-17)24-14-4-5-15-25-20-12-8-18(9-13-20)21(22)23-3/h6-13,16H,4-5,14-15H2,1-3H3. The summed E-state index contributed by atoms with van der Waals surface area (Å²) >= 11 is 0. The van der Waals surface area contributed by atoms with Gasteiger partial charge in [-0.25, -0.2) is 4.79 Å². The first-order chi connectivity index (χ1) is 12.1. The van der Waals surface area contributed by atoms with Crippen LogP contribution in [-0.2, 0) is 4.74 Å². The van der Waals surface area contributed by atoms with Crippen molar-refractivity contribution in [2.75, 3.05) is 20.3 Å². The zero-order valence-corrected chi connectivity index (χ0v) is 15.2. The minimum absolute atomic E-state index is 0.342. The van der Waals surface area contributed by atoms with Crippen LogP contribution in [0, 0.1) is 0 Å². The molecule has 0 heterocycles. The van der Waals surface area contributed by atoms with Crippen LogP contribution in [0.2, 0.25) is 0 Å². The number of carbonyl (C=O) groups is 1. The number of methoxy groups -OCH3 is 1. The Morgan fingerprint density at radius 1 is 0.840 bits per heavy atom. The van der Waals surface area contributed by atoms with Crippen molar-refractivity contribution in [3.05, 3.63) is 59.7 Å². The molecule has 0 aliphatic heterocycles. The summed E-state index contributed by atoms with van der Waals surface area (Å²) in [6.45, 7) is 5.65. The number of hydrogen-bond donors (Lipinski definition) is 0. The molecular weight excluding hydrogens is 316 g/mol. The van der Waals surface area contributed by atoms with Gasteiger partial charge in [0.15, 0.2) is 0 Å². The number of carbonyl (C=O) groups excluding carboxylic acids is 1. The molecule has 0 atom stereocenters. The number of benzene rings is 2. The summed E-state index contributed by atoms with van der Waals surface area (Å²) in [5, 5.41) is 0. The molecule has 2 aromatic carbocycles. The molecule has 0 aliphatic carbocycles. The molecule has 134 valence electrons. The molecule has 0 aromatic heterocycles. The summed E-state index contributed by atoms with van der Waals surface area (Å²) in [5.74, 6) is 1.85. The third kappa shape index (κ3) is 6.14. The number of hydrogen-bond acceptors (Lipinski definition) is 4. The molecule has 0 N–H and O–H groups in total. The first-order valence-corrected chi connectivity index (χ1v) is 8.64. The fraction of sp³-hybridized carbons (Fsp3) is 0.381. The average Bonchev–Trinajstić information content (AvgIpc) is 2.64. The van der Waals surface area contributed by atoms with Gasteiger partial charge in [0.2, 0.25) is 0 Å². The Hall–Kier alpha value is -2.49. The lowest BCUT2D eigenvalue weighted by atomic mass is 10.0. The van der Waals surface area contributed by atoms with Gasteiger partial charge in [-0.2, -0.15) is 0 Å². The molecule has 0 spiro atoms. The van der Waals surface area contributed by atoms with Gasteiger partial charge in [0, 0.05) is 0 Å². The zero-order valence-electron chi connectivity index (χ0n) is 15.2. The molecule has 0 saturated carbocycles. The van der Waals surface area contributed by atoms with Crippen molar-refractivity contribution in [1.82, 2.24) is 0 Å². The quantitative estimate of drug-likeness (QED) is 0.483. The fourth-order valence-corrected chi connectivity index (χ4v) is 2.34. The van der Waals surface area contributed by atoms with Crippen molar-refractivity contribution >= 4 is 5.97 Å². The van der Waals surface area contributed by atoms with Crippen LogP contribution < -0.4 is 9.47 Å². The fourth-order valence-electron chi connectivity index (χ4n) is 2.34. The van der Waals surface area contributed by atoms with Crippen LogP contribution in [0.1, 0.15) is 48.5 Å². The molecule has 25 heavy (non-hydrogen) atoms. The highest BCUT2D eigenvalue weighted by Crippen LogP contribution is 2.19. The van der Waals surface area contributed by atoms with E-state index in [1.165, 1.54) is 12.7 Å². The molecule has 0 fully saturated rings. The van der Waals surface area contributed by atoms with E-state index in [0.717, 1.165) is 24.3 Å². The lowest BCUT2D eigenvalue weighted by molar-refractivity contribution is 0.0600. The first-order valence-electron chi connectivity index (χ1n) is 8.64. The SMILES string of the molecule is COC(=O)c1ccc(OCCCCOc2ccc(C(C)C)cc2)cc1. The van der Waals surface area contributed by atoms with Crippen LogP contribution >= 0.6 is 0 Å². The van der Waals surface area contributed by atoms with E-state index < -0.39 is 0 Å². The molecule has 2 rings (SSSR count). The van der Waals surface area contributed by atoms with Gasteiger partial charge in [0.25, 0.3) is 0 Å². The van der Waals surface area contributed by atoms with E-state index in [-0.39, 0.29) is 5.97 Å². The second-order valence-electron chi connectivity index (χ2n) is 6.14. The summed E-state index contributed by atoms with van der Waals surface area (Å²) in [6, 6.07) is 15.2. The number of esters is 1. The van der Waals surface area contributed by atoms with Gasteiger partial charge in [-0.15, -0.1) is 0 Å². The monoisotopic (exact) mass is 342 g/mol. The summed E-state index contributed by atoms with van der Waals surface area (Å²) in [5.41, 5.74) is 1.84. The van der Waals surface area contributed by atoms with Crippen LogP contribution in [-0.4, -0.2) is 26.3 Å². The largest absolute Gasteiger partial charge is 0.494 e. The normalized spacial score (nSPS) is 10.6. The van der Waals surface area contributed by atoms with Crippen LogP contribution in [0.3, 0.4) is 0 Å². The zero-order chi connectivity index (χ0) is 18.1. The van der Waals surface area contributed by atoms with Crippen molar-refractivity contribution in [2.24, 2.45) is 0 Å². The van der Waals surface area contributed by atoms with Crippen LogP contribution in [0.4, 0.5) is 0 Å². The number of rotatable bonds is 9. The van der Waals surface area contributed by atoms with Gasteiger partial charge < -0.3 is 14.2 Å². The Morgan fingerprint density at radius 3 is 1.76 bits per heavy atom. The van der Waals surface area contributed by atoms with E-state index >= 15 is 0 Å². The molecule has 4 heteroatoms. The molecule has 4 nitrogen and oxygen atoms in total. The summed E-state index contributed by atoms with van der Waals surface area (Å²) < 4.78 is 16.1. The summed E-state index contributed by atoms with van der Waals surface area (Å²) in [6.07, 6.45) is 1.83. The lowest BCUT2D eigenvalue weighted by Gasteiger charge is -2.09. The molecule has 0 saturated heterocycles. The minimum atomic E-state index is -0.342. The molecule has 0 radical (unpaired) electrons. The van der Waals surface area contributed by atoms with Gasteiger partial charge in [-0.05, 0) is 60.7 Å². The molecule has 2 aromatic rings. The van der Waals surface area contributed by atoms with Gasteiger partial charge >= 0.3 is 5.97 Å². The maximum absolute atomic E-state index is 11.3. The Morgan fingerprint density at radius 2 is 1.32 bits per heavy atom. The van der Waals surface area contributed by atoms with E-state index in [4.69, 9.17) is 9.47 Å². The van der Waals surface area contributed by atoms with Crippen molar-refractivity contribution in [2.45, 2.75) is 32.6 Å². The summed E-state index contributed by atoms with van der Waals surface area (Å²) in [4.78, 5) is 11.3. The highest BCUT2D eigenvalue weighted by Gasteiger charge is 2.04. The Bertz CT molecular complexity index is 645. The predicted octanol–water partition coefficient (Wildman–Crippen LogP) is 4.83. The maximum atomic E-state index is 11.3. The maximum Gasteiger partial charge on any atom is 0.337 e. The topological polar surface area (TPSA) is 44.8 Å². The highest BCUT2D eigenvalue weighted by molar-refractivity contribution is 5.89. The number of ether oxygens (including phenoxy) is 3. The summed E-state index contributed by atoms with van der Waals surface area (Å²) in [7, 11) is 1.37. The van der Waals surface area contributed by atoms with Gasteiger partial charge in [-0.1, -0.05) is 26.0 Å². The van der Waals surface area contributed by atoms with E-state index in [2.05, 4.69) is 30.7 Å². The van der Waals surface area contributed by atoms with Crippen LogP contribution in [0.25, 0.3) is 0 Å². The Balaban J connectivity index is 1.62. The molecular formula is C21H26O4. The van der Waals surface area contributed by atoms with Crippen molar-refractivity contribution in [3.63, 3.8) is 0 Å². The van der Waals surface area contributed by atoms with E-state index in [1.807, 2.05) is 12.1 Å². The van der Waals surface area contributed by atoms with E-state index in [1.54, 1.807) is 24.3 Å². The smallest absolute Gasteiger partial charge is 0.337 e. The van der Waals surface area contributed by atoms with E-state index in [9.17, 15) is 4.79 Å². The molecule has 0 bridgehead atoms. The highest BCUT2D eigenvalue weighted by atomic mass is 16.5. The average molecular weight is 342 g/mol. The second kappa shape index (κ2) is 9.72. The molecule has 0 unspecified atom stereocenters. The Labute approximate surface area is 149 Å². The third-order valence-electron chi connectivity index (χ3n) is 3.90. The Kier molecular flexibility index (Phi) is 7.33. The van der Waals surface area contributed by atoms with Crippen LogP contribution in [0.15, 0.2) is 48.5 Å². The lowest BCUT2D eigenvalue weighted by Crippen LogP contribution is -2.03. The molecule has 0 aliphatic rings. The van der Waals surface area contributed by atoms with Gasteiger partial charge in [0.05, 0.1) is 25.9 Å². The third-order valence-corrected chi connectivity index (χ3v) is 3.90. The number of unbranched alkanes of at least 4 members (excludes halogenated alkanes) is 1. The van der Waals surface area contributed by atoms with E-state index in [0.29, 0.717) is 24.7 Å². The second-order valence-corrected chi connectivity index (χ2v) is 6.14. The van der Waals surface area contributed by atoms with Crippen molar-refractivity contribution in [3.8, 4) is 11.5 Å². The van der Waals surface area contributed by atoms with Crippen LogP contribution in [0.5, 0.6) is 11.5 Å². The van der Waals surface area contributed by atoms with Gasteiger partial charge in [-0.3, -0.25) is 0 Å². The first kappa shape index (κ1) is 18.8. The van der Waals surface area contributed by atoms with Crippen molar-refractivity contribution in [1.29, 1.82) is 0 Å².